The maximum Gasteiger partial charge on any atom is 0.275 e. The van der Waals surface area contributed by atoms with Crippen LogP contribution in [0.25, 0.3) is 0 Å². The fraction of sp³-hybridized carbons (Fsp3) is 0.167. The molecule has 2 aromatic rings. The van der Waals surface area contributed by atoms with Gasteiger partial charge in [-0.05, 0) is 40.7 Å². The van der Waals surface area contributed by atoms with E-state index in [9.17, 15) is 4.79 Å². The zero-order valence-corrected chi connectivity index (χ0v) is 13.8. The Hall–Kier alpha value is -0.760. The molecule has 0 spiro atoms. The Kier molecular flexibility index (Phi) is 5.09. The van der Waals surface area contributed by atoms with Crippen molar-refractivity contribution in [3.05, 3.63) is 43.2 Å². The van der Waals surface area contributed by atoms with Gasteiger partial charge in [-0.1, -0.05) is 15.9 Å². The molecule has 3 N–H and O–H groups in total. The highest BCUT2D eigenvalue weighted by Gasteiger charge is 2.12. The van der Waals surface area contributed by atoms with Gasteiger partial charge in [0.2, 0.25) is 0 Å². The summed E-state index contributed by atoms with van der Waals surface area (Å²) < 4.78 is 1.75. The Labute approximate surface area is 131 Å². The maximum absolute atomic E-state index is 12.0. The molecule has 0 saturated carbocycles. The molecule has 19 heavy (non-hydrogen) atoms. The summed E-state index contributed by atoms with van der Waals surface area (Å²) in [6.45, 7) is 0.535. The average molecular weight is 405 g/mol. The SMILES string of the molecule is NCCc1nc(C(=O)Nc2ccc(Br)cc2Br)cs1. The molecule has 0 aliphatic rings. The van der Waals surface area contributed by atoms with Crippen LogP contribution in [-0.4, -0.2) is 17.4 Å². The first-order valence-corrected chi connectivity index (χ1v) is 7.97. The number of aromatic nitrogens is 1. The van der Waals surface area contributed by atoms with Crippen LogP contribution in [0.4, 0.5) is 5.69 Å². The molecule has 0 unspecified atom stereocenters. The van der Waals surface area contributed by atoms with Crippen LogP contribution in [0.5, 0.6) is 0 Å². The Morgan fingerprint density at radius 1 is 1.42 bits per heavy atom. The van der Waals surface area contributed by atoms with Crippen LogP contribution < -0.4 is 11.1 Å². The summed E-state index contributed by atoms with van der Waals surface area (Å²) in [5.41, 5.74) is 6.59. The normalized spacial score (nSPS) is 10.5. The van der Waals surface area contributed by atoms with E-state index in [0.717, 1.165) is 14.0 Å². The Morgan fingerprint density at radius 3 is 2.89 bits per heavy atom. The number of hydrogen-bond donors (Lipinski definition) is 2. The Bertz CT molecular complexity index is 600. The summed E-state index contributed by atoms with van der Waals surface area (Å²) >= 11 is 8.21. The third kappa shape index (κ3) is 3.85. The molecule has 0 atom stereocenters. The summed E-state index contributed by atoms with van der Waals surface area (Å²) in [4.78, 5) is 16.3. The molecule has 1 aromatic carbocycles. The summed E-state index contributed by atoms with van der Waals surface area (Å²) in [6, 6.07) is 5.55. The number of anilines is 1. The highest BCUT2D eigenvalue weighted by molar-refractivity contribution is 9.11. The van der Waals surface area contributed by atoms with Gasteiger partial charge in [0.05, 0.1) is 10.7 Å². The molecule has 4 nitrogen and oxygen atoms in total. The maximum atomic E-state index is 12.0. The van der Waals surface area contributed by atoms with Gasteiger partial charge in [-0.3, -0.25) is 4.79 Å². The molecule has 0 aliphatic carbocycles. The standard InChI is InChI=1S/C12H11Br2N3OS/c13-7-1-2-9(8(14)5-7)17-12(18)10-6-19-11(16-10)3-4-15/h1-2,5-6H,3-4,15H2,(H,17,18). The lowest BCUT2D eigenvalue weighted by Crippen LogP contribution is -2.13. The van der Waals surface area contributed by atoms with Crippen LogP contribution >= 0.6 is 43.2 Å². The number of halogens is 2. The van der Waals surface area contributed by atoms with Crippen molar-refractivity contribution in [2.45, 2.75) is 6.42 Å². The predicted octanol–water partition coefficient (Wildman–Crippen LogP) is 3.42. The van der Waals surface area contributed by atoms with Crippen LogP contribution in [0.15, 0.2) is 32.5 Å². The van der Waals surface area contributed by atoms with Crippen molar-refractivity contribution in [1.82, 2.24) is 4.98 Å². The molecular formula is C12H11Br2N3OS. The van der Waals surface area contributed by atoms with Crippen LogP contribution in [0, 0.1) is 0 Å². The van der Waals surface area contributed by atoms with E-state index in [1.54, 1.807) is 5.38 Å². The third-order valence-corrected chi connectivity index (χ3v) is 4.38. The number of carbonyl (C=O) groups is 1. The van der Waals surface area contributed by atoms with E-state index in [-0.39, 0.29) is 5.91 Å². The van der Waals surface area contributed by atoms with Crippen molar-refractivity contribution in [3.63, 3.8) is 0 Å². The summed E-state index contributed by atoms with van der Waals surface area (Å²) in [7, 11) is 0. The minimum Gasteiger partial charge on any atom is -0.330 e. The number of amides is 1. The average Bonchev–Trinajstić information content (AvgIpc) is 2.82. The lowest BCUT2D eigenvalue weighted by molar-refractivity contribution is 0.102. The number of rotatable bonds is 4. The summed E-state index contributed by atoms with van der Waals surface area (Å²) in [5.74, 6) is -0.220. The zero-order chi connectivity index (χ0) is 13.8. The van der Waals surface area contributed by atoms with Gasteiger partial charge in [0.1, 0.15) is 5.69 Å². The molecular weight excluding hydrogens is 394 g/mol. The predicted molar refractivity (Wildman–Crippen MR) is 84.7 cm³/mol. The van der Waals surface area contributed by atoms with Gasteiger partial charge in [0, 0.05) is 20.7 Å². The van der Waals surface area contributed by atoms with Crippen molar-refractivity contribution in [3.8, 4) is 0 Å². The van der Waals surface area contributed by atoms with Gasteiger partial charge >= 0.3 is 0 Å². The van der Waals surface area contributed by atoms with E-state index in [4.69, 9.17) is 5.73 Å². The Morgan fingerprint density at radius 2 is 2.21 bits per heavy atom. The summed E-state index contributed by atoms with van der Waals surface area (Å²) in [6.07, 6.45) is 0.694. The molecule has 0 radical (unpaired) electrons. The number of nitrogens with two attached hydrogens (primary N) is 1. The van der Waals surface area contributed by atoms with E-state index in [0.29, 0.717) is 24.3 Å². The van der Waals surface area contributed by atoms with Crippen molar-refractivity contribution >= 4 is 54.8 Å². The molecule has 0 aliphatic heterocycles. The second-order valence-corrected chi connectivity index (χ2v) is 6.46. The molecule has 1 amide bonds. The first-order valence-electron chi connectivity index (χ1n) is 5.51. The Balaban J connectivity index is 2.11. The van der Waals surface area contributed by atoms with Gasteiger partial charge in [0.15, 0.2) is 0 Å². The van der Waals surface area contributed by atoms with Gasteiger partial charge in [-0.2, -0.15) is 0 Å². The molecule has 7 heteroatoms. The van der Waals surface area contributed by atoms with E-state index in [1.807, 2.05) is 18.2 Å². The number of thiazole rings is 1. The topological polar surface area (TPSA) is 68.0 Å². The molecule has 1 aromatic heterocycles. The summed E-state index contributed by atoms with van der Waals surface area (Å²) in [5, 5.41) is 5.44. The second-order valence-electron chi connectivity index (χ2n) is 3.74. The fourth-order valence-electron chi connectivity index (χ4n) is 1.43. The van der Waals surface area contributed by atoms with Gasteiger partial charge in [-0.15, -0.1) is 11.3 Å². The quantitative estimate of drug-likeness (QED) is 0.820. The first kappa shape index (κ1) is 14.6. The first-order chi connectivity index (χ1) is 9.10. The molecule has 0 bridgehead atoms. The third-order valence-electron chi connectivity index (χ3n) is 2.32. The molecule has 100 valence electrons. The van der Waals surface area contributed by atoms with Crippen LogP contribution in [0.2, 0.25) is 0 Å². The number of benzene rings is 1. The number of nitrogens with one attached hydrogen (secondary N) is 1. The molecule has 0 fully saturated rings. The van der Waals surface area contributed by atoms with Crippen molar-refractivity contribution in [1.29, 1.82) is 0 Å². The van der Waals surface area contributed by atoms with E-state index in [1.165, 1.54) is 11.3 Å². The van der Waals surface area contributed by atoms with Gasteiger partial charge < -0.3 is 11.1 Å². The number of hydrogen-bond acceptors (Lipinski definition) is 4. The van der Waals surface area contributed by atoms with Crippen LogP contribution in [0.3, 0.4) is 0 Å². The molecule has 0 saturated heterocycles. The molecule has 2 rings (SSSR count). The smallest absolute Gasteiger partial charge is 0.275 e. The highest BCUT2D eigenvalue weighted by atomic mass is 79.9. The lowest BCUT2D eigenvalue weighted by atomic mass is 10.3. The van der Waals surface area contributed by atoms with Crippen LogP contribution in [-0.2, 0) is 6.42 Å². The fourth-order valence-corrected chi connectivity index (χ4v) is 3.37. The molecule has 1 heterocycles. The largest absolute Gasteiger partial charge is 0.330 e. The zero-order valence-electron chi connectivity index (χ0n) is 9.82. The van der Waals surface area contributed by atoms with E-state index < -0.39 is 0 Å². The van der Waals surface area contributed by atoms with Gasteiger partial charge in [-0.25, -0.2) is 4.98 Å². The van der Waals surface area contributed by atoms with Crippen molar-refractivity contribution in [2.75, 3.05) is 11.9 Å². The monoisotopic (exact) mass is 403 g/mol. The van der Waals surface area contributed by atoms with Crippen LogP contribution in [0.1, 0.15) is 15.5 Å². The van der Waals surface area contributed by atoms with E-state index >= 15 is 0 Å². The highest BCUT2D eigenvalue weighted by Crippen LogP contribution is 2.26. The number of nitrogens with zero attached hydrogens (tertiary/aromatic N) is 1. The van der Waals surface area contributed by atoms with Crippen molar-refractivity contribution < 1.29 is 4.79 Å². The minimum atomic E-state index is -0.220. The van der Waals surface area contributed by atoms with Crippen molar-refractivity contribution in [2.24, 2.45) is 5.73 Å². The van der Waals surface area contributed by atoms with E-state index in [2.05, 4.69) is 42.2 Å². The second kappa shape index (κ2) is 6.60. The van der Waals surface area contributed by atoms with Gasteiger partial charge in [0.25, 0.3) is 5.91 Å². The number of carbonyl (C=O) groups excluding carboxylic acids is 1. The lowest BCUT2D eigenvalue weighted by Gasteiger charge is -2.06. The minimum absolute atomic E-state index is 0.220.